The van der Waals surface area contributed by atoms with E-state index in [4.69, 9.17) is 9.84 Å². The Bertz CT molecular complexity index is 1190. The first-order valence-electron chi connectivity index (χ1n) is 11.3. The van der Waals surface area contributed by atoms with Crippen LogP contribution in [-0.4, -0.2) is 53.4 Å². The fourth-order valence-electron chi connectivity index (χ4n) is 3.37. The summed E-state index contributed by atoms with van der Waals surface area (Å²) in [4.78, 5) is 27.4. The van der Waals surface area contributed by atoms with E-state index in [9.17, 15) is 9.59 Å². The van der Waals surface area contributed by atoms with Gasteiger partial charge in [0.25, 0.3) is 0 Å². The number of aromatic nitrogens is 2. The Hall–Kier alpha value is -3.17. The summed E-state index contributed by atoms with van der Waals surface area (Å²) >= 11 is 3.40. The lowest BCUT2D eigenvalue weighted by Crippen LogP contribution is -2.42. The van der Waals surface area contributed by atoms with Crippen molar-refractivity contribution in [2.45, 2.75) is 33.1 Å². The minimum absolute atomic E-state index is 0.146. The van der Waals surface area contributed by atoms with E-state index in [1.165, 1.54) is 4.90 Å². The summed E-state index contributed by atoms with van der Waals surface area (Å²) in [5, 5.41) is 10.5. The van der Waals surface area contributed by atoms with Crippen LogP contribution in [0.1, 0.15) is 32.0 Å². The van der Waals surface area contributed by atoms with Crippen LogP contribution in [0.2, 0.25) is 0 Å². The average molecular weight is 542 g/mol. The summed E-state index contributed by atoms with van der Waals surface area (Å²) < 4.78 is 7.72. The van der Waals surface area contributed by atoms with Crippen LogP contribution in [-0.2, 0) is 14.9 Å². The Labute approximate surface area is 214 Å². The number of ether oxygens (including phenoxy) is 1. The number of carbonyl (C=O) groups is 2. The Morgan fingerprint density at radius 3 is 2.49 bits per heavy atom. The summed E-state index contributed by atoms with van der Waals surface area (Å²) in [6, 6.07) is 16.7. The molecule has 2 N–H and O–H groups in total. The molecule has 0 bridgehead atoms. The van der Waals surface area contributed by atoms with Crippen molar-refractivity contribution in [2.24, 2.45) is 0 Å². The zero-order chi connectivity index (χ0) is 25.6. The molecule has 8 nitrogen and oxygen atoms in total. The van der Waals surface area contributed by atoms with E-state index in [0.717, 1.165) is 21.4 Å². The van der Waals surface area contributed by atoms with Crippen molar-refractivity contribution in [3.05, 3.63) is 70.3 Å². The van der Waals surface area contributed by atoms with Crippen LogP contribution in [0.5, 0.6) is 0 Å². The number of benzene rings is 2. The molecule has 186 valence electrons. The van der Waals surface area contributed by atoms with Crippen LogP contribution >= 0.6 is 15.9 Å². The zero-order valence-electron chi connectivity index (χ0n) is 20.8. The first kappa shape index (κ1) is 26.4. The highest BCUT2D eigenvalue weighted by Crippen LogP contribution is 2.26. The minimum atomic E-state index is -0.391. The van der Waals surface area contributed by atoms with E-state index in [1.807, 2.05) is 49.4 Å². The van der Waals surface area contributed by atoms with Crippen molar-refractivity contribution < 1.29 is 14.3 Å². The number of halogens is 1. The molecule has 3 rings (SSSR count). The molecule has 0 aliphatic heterocycles. The monoisotopic (exact) mass is 541 g/mol. The highest BCUT2D eigenvalue weighted by Gasteiger charge is 2.23. The molecule has 9 heteroatoms. The molecule has 0 radical (unpaired) electrons. The van der Waals surface area contributed by atoms with Crippen LogP contribution in [0, 0.1) is 6.92 Å². The molecule has 0 saturated carbocycles. The van der Waals surface area contributed by atoms with Gasteiger partial charge in [-0.05, 0) is 42.8 Å². The van der Waals surface area contributed by atoms with Gasteiger partial charge in [-0.2, -0.15) is 5.10 Å². The molecular formula is C26H32BrN5O3. The maximum absolute atomic E-state index is 13.1. The smallest absolute Gasteiger partial charge is 0.322 e. The van der Waals surface area contributed by atoms with Crippen LogP contribution in [0.15, 0.2) is 59.1 Å². The minimum Gasteiger partial charge on any atom is -0.383 e. The predicted molar refractivity (Wildman–Crippen MR) is 142 cm³/mol. The van der Waals surface area contributed by atoms with Gasteiger partial charge in [0.05, 0.1) is 18.0 Å². The molecule has 0 spiro atoms. The van der Waals surface area contributed by atoms with Crippen molar-refractivity contribution in [3.8, 4) is 5.69 Å². The first-order valence-corrected chi connectivity index (χ1v) is 12.1. The zero-order valence-corrected chi connectivity index (χ0v) is 22.3. The van der Waals surface area contributed by atoms with Crippen molar-refractivity contribution in [1.82, 2.24) is 14.7 Å². The molecule has 0 unspecified atom stereocenters. The second-order valence-electron chi connectivity index (χ2n) is 9.32. The van der Waals surface area contributed by atoms with Gasteiger partial charge in [0.1, 0.15) is 12.4 Å². The highest BCUT2D eigenvalue weighted by molar-refractivity contribution is 9.10. The summed E-state index contributed by atoms with van der Waals surface area (Å²) in [7, 11) is 1.55. The van der Waals surface area contributed by atoms with Crippen LogP contribution < -0.4 is 10.6 Å². The Morgan fingerprint density at radius 1 is 1.09 bits per heavy atom. The number of anilines is 2. The molecule has 1 aromatic heterocycles. The predicted octanol–water partition coefficient (Wildman–Crippen LogP) is 5.36. The Kier molecular flexibility index (Phi) is 8.69. The number of hydrogen-bond donors (Lipinski definition) is 2. The average Bonchev–Trinajstić information content (AvgIpc) is 3.21. The van der Waals surface area contributed by atoms with Gasteiger partial charge in [-0.15, -0.1) is 0 Å². The topological polar surface area (TPSA) is 88.5 Å². The number of methoxy groups -OCH3 is 1. The normalized spacial score (nSPS) is 11.3. The van der Waals surface area contributed by atoms with Crippen LogP contribution in [0.3, 0.4) is 0 Å². The third-order valence-corrected chi connectivity index (χ3v) is 5.75. The molecule has 0 atom stereocenters. The number of amides is 3. The van der Waals surface area contributed by atoms with Crippen LogP contribution in [0.4, 0.5) is 16.3 Å². The SMILES string of the molecule is COCCN(CC(=O)Nc1cc(C(C)(C)C)nn1-c1cccc(C)c1)C(=O)Nc1cccc(Br)c1. The van der Waals surface area contributed by atoms with Crippen molar-refractivity contribution >= 4 is 39.4 Å². The largest absolute Gasteiger partial charge is 0.383 e. The number of carbonyl (C=O) groups excluding carboxylic acids is 2. The van der Waals surface area contributed by atoms with Gasteiger partial charge in [-0.1, -0.05) is 54.9 Å². The number of nitrogens with one attached hydrogen (secondary N) is 2. The van der Waals surface area contributed by atoms with Gasteiger partial charge >= 0.3 is 6.03 Å². The fourth-order valence-corrected chi connectivity index (χ4v) is 3.77. The quantitative estimate of drug-likeness (QED) is 0.401. The number of nitrogens with zero attached hydrogens (tertiary/aromatic N) is 3. The number of aryl methyl sites for hydroxylation is 1. The van der Waals surface area contributed by atoms with E-state index in [0.29, 0.717) is 18.1 Å². The van der Waals surface area contributed by atoms with Crippen molar-refractivity contribution in [2.75, 3.05) is 37.4 Å². The molecule has 2 aromatic carbocycles. The summed E-state index contributed by atoms with van der Waals surface area (Å²) in [5.74, 6) is 0.212. The molecule has 0 fully saturated rings. The number of hydrogen-bond acceptors (Lipinski definition) is 4. The van der Waals surface area contributed by atoms with Gasteiger partial charge < -0.3 is 20.3 Å². The first-order chi connectivity index (χ1) is 16.6. The highest BCUT2D eigenvalue weighted by atomic mass is 79.9. The van der Waals surface area contributed by atoms with Crippen molar-refractivity contribution in [1.29, 1.82) is 0 Å². The maximum atomic E-state index is 13.1. The molecule has 0 aliphatic carbocycles. The lowest BCUT2D eigenvalue weighted by atomic mass is 9.92. The molecular weight excluding hydrogens is 510 g/mol. The third kappa shape index (κ3) is 7.40. The number of rotatable bonds is 8. The van der Waals surface area contributed by atoms with Gasteiger partial charge in [-0.3, -0.25) is 4.79 Å². The van der Waals surface area contributed by atoms with Gasteiger partial charge in [0.2, 0.25) is 5.91 Å². The van der Waals surface area contributed by atoms with Crippen LogP contribution in [0.25, 0.3) is 5.69 Å². The molecule has 1 heterocycles. The lowest BCUT2D eigenvalue weighted by Gasteiger charge is -2.22. The second-order valence-corrected chi connectivity index (χ2v) is 10.2. The fraction of sp³-hybridized carbons (Fsp3) is 0.346. The van der Waals surface area contributed by atoms with E-state index in [-0.39, 0.29) is 24.4 Å². The molecule has 0 saturated heterocycles. The molecule has 3 aromatic rings. The summed E-state index contributed by atoms with van der Waals surface area (Å²) in [6.07, 6.45) is 0. The van der Waals surface area contributed by atoms with Crippen molar-refractivity contribution in [3.63, 3.8) is 0 Å². The van der Waals surface area contributed by atoms with Gasteiger partial charge in [0, 0.05) is 35.3 Å². The molecule has 0 aliphatic rings. The standard InChI is InChI=1S/C26H32BrN5O3/c1-18-8-6-11-21(14-18)32-23(16-22(30-32)26(2,3)4)29-24(33)17-31(12-13-35-5)25(34)28-20-10-7-9-19(27)15-20/h6-11,14-16H,12-13,17H2,1-5H3,(H,28,34)(H,29,33). The summed E-state index contributed by atoms with van der Waals surface area (Å²) in [5.41, 5.74) is 3.20. The van der Waals surface area contributed by atoms with E-state index in [2.05, 4.69) is 47.3 Å². The van der Waals surface area contributed by atoms with E-state index >= 15 is 0 Å². The lowest BCUT2D eigenvalue weighted by molar-refractivity contribution is -0.116. The Morgan fingerprint density at radius 2 is 1.83 bits per heavy atom. The second kappa shape index (κ2) is 11.5. The maximum Gasteiger partial charge on any atom is 0.322 e. The molecule has 35 heavy (non-hydrogen) atoms. The van der Waals surface area contributed by atoms with Gasteiger partial charge in [-0.25, -0.2) is 9.48 Å². The molecule has 3 amide bonds. The van der Waals surface area contributed by atoms with E-state index < -0.39 is 6.03 Å². The number of urea groups is 1. The summed E-state index contributed by atoms with van der Waals surface area (Å²) in [6.45, 7) is 8.63. The Balaban J connectivity index is 1.81. The van der Waals surface area contributed by atoms with E-state index in [1.54, 1.807) is 23.9 Å². The van der Waals surface area contributed by atoms with Gasteiger partial charge in [0.15, 0.2) is 0 Å². The third-order valence-electron chi connectivity index (χ3n) is 5.25.